The number of carbonyl (C=O) groups excluding carboxylic acids is 2. The number of ether oxygens (including phenoxy) is 2. The first-order valence-electron chi connectivity index (χ1n) is 8.85. The van der Waals surface area contributed by atoms with Gasteiger partial charge >= 0.3 is 24.3 Å². The Hall–Kier alpha value is -2.07. The first-order valence-corrected chi connectivity index (χ1v) is 8.85. The molecular formula is C18H23F6NO4. The third-order valence-electron chi connectivity index (χ3n) is 3.98. The largest absolute Gasteiger partial charge is 0.465 e. The number of alkyl halides is 6. The van der Waals surface area contributed by atoms with Crippen LogP contribution in [0.5, 0.6) is 0 Å². The number of esters is 2. The fraction of sp³-hybridized carbons (Fsp3) is 0.722. The third kappa shape index (κ3) is 6.20. The van der Waals surface area contributed by atoms with Crippen molar-refractivity contribution in [1.82, 2.24) is 0 Å². The van der Waals surface area contributed by atoms with Gasteiger partial charge in [-0.2, -0.15) is 26.3 Å². The van der Waals surface area contributed by atoms with Crippen LogP contribution in [0.2, 0.25) is 0 Å². The first kappa shape index (κ1) is 25.0. The van der Waals surface area contributed by atoms with Crippen LogP contribution in [-0.2, 0) is 19.1 Å². The van der Waals surface area contributed by atoms with Gasteiger partial charge in [-0.05, 0) is 25.7 Å². The van der Waals surface area contributed by atoms with E-state index in [2.05, 4.69) is 14.5 Å². The van der Waals surface area contributed by atoms with Gasteiger partial charge in [-0.3, -0.25) is 4.79 Å². The van der Waals surface area contributed by atoms with E-state index in [9.17, 15) is 35.9 Å². The maximum absolute atomic E-state index is 13.6. The summed E-state index contributed by atoms with van der Waals surface area (Å²) in [7, 11) is 0. The second-order valence-corrected chi connectivity index (χ2v) is 7.58. The number of halogens is 6. The number of hydrogen-bond donors (Lipinski definition) is 0. The van der Waals surface area contributed by atoms with Gasteiger partial charge in [0.1, 0.15) is 11.6 Å². The predicted octanol–water partition coefficient (Wildman–Crippen LogP) is 4.61. The number of rotatable bonds is 5. The van der Waals surface area contributed by atoms with E-state index in [1.54, 1.807) is 20.8 Å². The number of nitrogens with zero attached hydrogens (tertiary/aromatic N) is 1. The van der Waals surface area contributed by atoms with Crippen LogP contribution in [0.1, 0.15) is 41.0 Å². The summed E-state index contributed by atoms with van der Waals surface area (Å²) >= 11 is 0. The summed E-state index contributed by atoms with van der Waals surface area (Å²) in [6, 6.07) is 0. The van der Waals surface area contributed by atoms with Crippen LogP contribution < -0.4 is 0 Å². The number of hydrogen-bond acceptors (Lipinski definition) is 5. The van der Waals surface area contributed by atoms with Gasteiger partial charge in [-0.1, -0.05) is 20.8 Å². The molecule has 1 rings (SSSR count). The van der Waals surface area contributed by atoms with Gasteiger partial charge in [-0.15, -0.1) is 0 Å². The monoisotopic (exact) mass is 431 g/mol. The molecule has 0 saturated carbocycles. The molecule has 5 nitrogen and oxygen atoms in total. The molecule has 0 spiro atoms. The maximum Gasteiger partial charge on any atom is 0.433 e. The van der Waals surface area contributed by atoms with Gasteiger partial charge in [0.2, 0.25) is 0 Å². The molecule has 0 amide bonds. The SMILES string of the molecule is CCOC(=O)C1=C(C(F)(F)F)N=C(C(F)(F)F)C(C(=O)OCC)C1CC(C)(C)C. The maximum atomic E-state index is 13.6. The number of aliphatic imine (C=N–C) groups is 1. The highest BCUT2D eigenvalue weighted by Gasteiger charge is 2.56. The topological polar surface area (TPSA) is 65.0 Å². The van der Waals surface area contributed by atoms with E-state index in [1.165, 1.54) is 13.8 Å². The second-order valence-electron chi connectivity index (χ2n) is 7.58. The minimum absolute atomic E-state index is 0.298. The summed E-state index contributed by atoms with van der Waals surface area (Å²) in [5.41, 5.74) is -5.87. The molecule has 29 heavy (non-hydrogen) atoms. The Balaban J connectivity index is 3.90. The van der Waals surface area contributed by atoms with Crippen molar-refractivity contribution in [3.8, 4) is 0 Å². The summed E-state index contributed by atoms with van der Waals surface area (Å²) in [5, 5.41) is 0. The van der Waals surface area contributed by atoms with E-state index >= 15 is 0 Å². The van der Waals surface area contributed by atoms with E-state index in [0.717, 1.165) is 0 Å². The standard InChI is InChI=1S/C18H23F6NO4/c1-6-28-14(26)10-9(8-16(3,4)5)11(15(27)29-7-2)13(18(22,23)24)25-12(10)17(19,20)21/h9-10H,6-8H2,1-5H3. The van der Waals surface area contributed by atoms with Gasteiger partial charge in [0.05, 0.1) is 18.8 Å². The molecule has 0 N–H and O–H groups in total. The molecule has 0 aromatic rings. The number of carbonyl (C=O) groups is 2. The average Bonchev–Trinajstić information content (AvgIpc) is 2.50. The molecule has 0 fully saturated rings. The fourth-order valence-corrected chi connectivity index (χ4v) is 3.08. The lowest BCUT2D eigenvalue weighted by Crippen LogP contribution is -2.47. The molecule has 166 valence electrons. The van der Waals surface area contributed by atoms with Gasteiger partial charge in [0.25, 0.3) is 0 Å². The molecular weight excluding hydrogens is 408 g/mol. The quantitative estimate of drug-likeness (QED) is 0.471. The Bertz CT molecular complexity index is 701. The Labute approximate surface area is 164 Å². The average molecular weight is 431 g/mol. The molecule has 1 heterocycles. The van der Waals surface area contributed by atoms with Crippen LogP contribution in [0, 0.1) is 17.3 Å². The molecule has 0 bridgehead atoms. The predicted molar refractivity (Wildman–Crippen MR) is 90.9 cm³/mol. The second kappa shape index (κ2) is 8.74. The van der Waals surface area contributed by atoms with Crippen LogP contribution in [0.15, 0.2) is 16.3 Å². The first-order chi connectivity index (χ1) is 13.0. The molecule has 1 aliphatic rings. The van der Waals surface area contributed by atoms with E-state index in [1.807, 2.05) is 0 Å². The van der Waals surface area contributed by atoms with Crippen LogP contribution in [0.3, 0.4) is 0 Å². The molecule has 0 radical (unpaired) electrons. The summed E-state index contributed by atoms with van der Waals surface area (Å²) in [6.07, 6.45) is -11.1. The van der Waals surface area contributed by atoms with Crippen molar-refractivity contribution < 1.29 is 45.4 Å². The summed E-state index contributed by atoms with van der Waals surface area (Å²) in [4.78, 5) is 27.4. The minimum Gasteiger partial charge on any atom is -0.465 e. The molecule has 1 aliphatic heterocycles. The fourth-order valence-electron chi connectivity index (χ4n) is 3.08. The molecule has 2 atom stereocenters. The summed E-state index contributed by atoms with van der Waals surface area (Å²) in [5.74, 6) is -6.87. The van der Waals surface area contributed by atoms with E-state index in [-0.39, 0.29) is 19.6 Å². The molecule has 2 unspecified atom stereocenters. The Morgan fingerprint density at radius 1 is 0.931 bits per heavy atom. The molecule has 0 aromatic carbocycles. The highest BCUT2D eigenvalue weighted by Crippen LogP contribution is 2.46. The van der Waals surface area contributed by atoms with Crippen LogP contribution >= 0.6 is 0 Å². The molecule has 0 aromatic heterocycles. The summed E-state index contributed by atoms with van der Waals surface area (Å²) < 4.78 is 90.9. The van der Waals surface area contributed by atoms with Crippen LogP contribution in [0.4, 0.5) is 26.3 Å². The van der Waals surface area contributed by atoms with Crippen molar-refractivity contribution in [2.75, 3.05) is 13.2 Å². The van der Waals surface area contributed by atoms with Crippen molar-refractivity contribution in [1.29, 1.82) is 0 Å². The Morgan fingerprint density at radius 2 is 1.45 bits per heavy atom. The minimum atomic E-state index is -5.37. The van der Waals surface area contributed by atoms with E-state index in [0.29, 0.717) is 0 Å². The molecule has 0 saturated heterocycles. The smallest absolute Gasteiger partial charge is 0.433 e. The van der Waals surface area contributed by atoms with E-state index in [4.69, 9.17) is 0 Å². The Kier molecular flexibility index (Phi) is 7.53. The third-order valence-corrected chi connectivity index (χ3v) is 3.98. The van der Waals surface area contributed by atoms with Crippen LogP contribution in [0.25, 0.3) is 0 Å². The van der Waals surface area contributed by atoms with Gasteiger partial charge in [-0.25, -0.2) is 9.79 Å². The normalized spacial score (nSPS) is 21.0. The zero-order valence-corrected chi connectivity index (χ0v) is 16.6. The lowest BCUT2D eigenvalue weighted by Gasteiger charge is -2.36. The van der Waals surface area contributed by atoms with Gasteiger partial charge in [0.15, 0.2) is 5.70 Å². The van der Waals surface area contributed by atoms with Crippen LogP contribution in [-0.4, -0.2) is 43.2 Å². The molecule has 0 aliphatic carbocycles. The van der Waals surface area contributed by atoms with Gasteiger partial charge < -0.3 is 9.47 Å². The zero-order chi connectivity index (χ0) is 22.8. The van der Waals surface area contributed by atoms with E-state index < -0.39 is 58.5 Å². The highest BCUT2D eigenvalue weighted by molar-refractivity contribution is 6.09. The lowest BCUT2D eigenvalue weighted by molar-refractivity contribution is -0.150. The van der Waals surface area contributed by atoms with Crippen molar-refractivity contribution in [3.63, 3.8) is 0 Å². The summed E-state index contributed by atoms with van der Waals surface area (Å²) in [6.45, 7) is 6.75. The molecule has 11 heteroatoms. The van der Waals surface area contributed by atoms with Crippen molar-refractivity contribution in [2.45, 2.75) is 53.4 Å². The van der Waals surface area contributed by atoms with Crippen molar-refractivity contribution >= 4 is 17.7 Å². The Morgan fingerprint density at radius 3 is 1.83 bits per heavy atom. The lowest BCUT2D eigenvalue weighted by atomic mass is 9.71. The zero-order valence-electron chi connectivity index (χ0n) is 16.6. The number of allylic oxidation sites excluding steroid dienone is 1. The van der Waals surface area contributed by atoms with Crippen molar-refractivity contribution in [2.24, 2.45) is 22.2 Å². The van der Waals surface area contributed by atoms with Crippen molar-refractivity contribution in [3.05, 3.63) is 11.3 Å². The van der Waals surface area contributed by atoms with Gasteiger partial charge in [0, 0.05) is 5.92 Å². The highest BCUT2D eigenvalue weighted by atomic mass is 19.4.